The molecule has 1 aromatic heterocycles. The minimum absolute atomic E-state index is 0.0124. The molecule has 11 heteroatoms. The van der Waals surface area contributed by atoms with Crippen LogP contribution in [0, 0.1) is 13.8 Å². The number of amidine groups is 1. The monoisotopic (exact) mass is 556 g/mol. The van der Waals surface area contributed by atoms with Crippen molar-refractivity contribution in [3.63, 3.8) is 0 Å². The first-order valence-corrected chi connectivity index (χ1v) is 11.4. The first-order chi connectivity index (χ1) is 16.1. The highest BCUT2D eigenvalue weighted by Gasteiger charge is 2.30. The quantitative estimate of drug-likeness (QED) is 0.156. The zero-order valence-corrected chi connectivity index (χ0v) is 20.5. The number of hydrogen-bond donors (Lipinski definition) is 2. The van der Waals surface area contributed by atoms with E-state index in [1.165, 1.54) is 18.3 Å². The van der Waals surface area contributed by atoms with E-state index in [0.29, 0.717) is 12.2 Å². The van der Waals surface area contributed by atoms with Crippen LogP contribution in [0.5, 0.6) is 11.5 Å². The first kappa shape index (κ1) is 25.9. The molecule has 6 nitrogen and oxygen atoms in total. The van der Waals surface area contributed by atoms with Crippen LogP contribution in [0.1, 0.15) is 28.2 Å². The van der Waals surface area contributed by atoms with Crippen LogP contribution in [0.2, 0.25) is 0 Å². The number of alkyl halides is 4. The Morgan fingerprint density at radius 2 is 2.00 bits per heavy atom. The van der Waals surface area contributed by atoms with E-state index >= 15 is 0 Å². The summed E-state index contributed by atoms with van der Waals surface area (Å²) in [6, 6.07) is 9.82. The van der Waals surface area contributed by atoms with Crippen molar-refractivity contribution >= 4 is 33.4 Å². The van der Waals surface area contributed by atoms with Gasteiger partial charge in [-0.05, 0) is 61.7 Å². The van der Waals surface area contributed by atoms with Crippen molar-refractivity contribution in [2.45, 2.75) is 32.5 Å². The van der Waals surface area contributed by atoms with Crippen molar-refractivity contribution in [2.75, 3.05) is 5.88 Å². The Kier molecular flexibility index (Phi) is 8.51. The number of hydroxylamine groups is 1. The minimum atomic E-state index is -4.52. The maximum atomic E-state index is 13.1. The third-order valence-corrected chi connectivity index (χ3v) is 5.69. The van der Waals surface area contributed by atoms with Crippen molar-refractivity contribution in [1.82, 2.24) is 15.4 Å². The summed E-state index contributed by atoms with van der Waals surface area (Å²) in [6.45, 7) is 3.59. The van der Waals surface area contributed by atoms with Gasteiger partial charge in [-0.3, -0.25) is 15.7 Å². The van der Waals surface area contributed by atoms with Crippen molar-refractivity contribution in [2.24, 2.45) is 4.99 Å². The summed E-state index contributed by atoms with van der Waals surface area (Å²) in [4.78, 5) is 12.8. The predicted molar refractivity (Wildman–Crippen MR) is 127 cm³/mol. The van der Waals surface area contributed by atoms with Gasteiger partial charge in [0.15, 0.2) is 17.3 Å². The number of nitrogens with zero attached hydrogens (tertiary/aromatic N) is 3. The topological polar surface area (TPSA) is 79.6 Å². The molecule has 0 saturated carbocycles. The summed E-state index contributed by atoms with van der Waals surface area (Å²) in [5.41, 5.74) is 3.30. The van der Waals surface area contributed by atoms with Gasteiger partial charge in [0.2, 0.25) is 0 Å². The van der Waals surface area contributed by atoms with Crippen LogP contribution in [-0.2, 0) is 12.6 Å². The number of nitrogens with one attached hydrogen (secondary N) is 1. The highest BCUT2D eigenvalue weighted by Crippen LogP contribution is 2.33. The van der Waals surface area contributed by atoms with E-state index in [4.69, 9.17) is 16.3 Å². The van der Waals surface area contributed by atoms with Gasteiger partial charge < -0.3 is 4.74 Å². The molecule has 180 valence electrons. The van der Waals surface area contributed by atoms with Crippen LogP contribution in [0.15, 0.2) is 58.1 Å². The maximum absolute atomic E-state index is 13.1. The predicted octanol–water partition coefficient (Wildman–Crippen LogP) is 6.24. The van der Waals surface area contributed by atoms with E-state index in [1.807, 2.05) is 30.6 Å². The largest absolute Gasteiger partial charge is 0.453 e. The smallest absolute Gasteiger partial charge is 0.416 e. The fourth-order valence-corrected chi connectivity index (χ4v) is 3.82. The number of halogens is 5. The number of rotatable bonds is 7. The van der Waals surface area contributed by atoms with Gasteiger partial charge in [0.25, 0.3) is 0 Å². The Hall–Kier alpha value is -2.69. The Bertz CT molecular complexity index is 1190. The molecule has 34 heavy (non-hydrogen) atoms. The van der Waals surface area contributed by atoms with E-state index < -0.39 is 17.8 Å². The second kappa shape index (κ2) is 11.2. The van der Waals surface area contributed by atoms with Crippen LogP contribution in [0.4, 0.5) is 13.2 Å². The van der Waals surface area contributed by atoms with E-state index in [0.717, 1.165) is 27.7 Å². The molecule has 0 radical (unpaired) electrons. The number of ether oxygens (including phenoxy) is 1. The molecule has 0 bridgehead atoms. The SMILES string of the molecule is Cc1ncc(Oc2cccc(C(F)(F)F)c2)c(C(=N[C@@H](CCl)Cc2ccc(Br)cc2C)NO)n1. The lowest BCUT2D eigenvalue weighted by atomic mass is 10.0. The number of benzene rings is 2. The van der Waals surface area contributed by atoms with Crippen LogP contribution >= 0.6 is 27.5 Å². The number of hydrogen-bond acceptors (Lipinski definition) is 5. The summed E-state index contributed by atoms with van der Waals surface area (Å²) in [6.07, 6.45) is -2.73. The average molecular weight is 558 g/mol. The highest BCUT2D eigenvalue weighted by molar-refractivity contribution is 9.10. The summed E-state index contributed by atoms with van der Waals surface area (Å²) in [5, 5.41) is 9.82. The number of aryl methyl sites for hydroxylation is 2. The number of aromatic nitrogens is 2. The van der Waals surface area contributed by atoms with E-state index in [1.54, 1.807) is 6.92 Å². The van der Waals surface area contributed by atoms with Crippen LogP contribution in [-0.4, -0.2) is 32.9 Å². The molecule has 0 spiro atoms. The molecule has 0 amide bonds. The van der Waals surface area contributed by atoms with Gasteiger partial charge in [-0.1, -0.05) is 28.1 Å². The Morgan fingerprint density at radius 1 is 1.24 bits per heavy atom. The zero-order valence-electron chi connectivity index (χ0n) is 18.2. The van der Waals surface area contributed by atoms with E-state index in [9.17, 15) is 18.4 Å². The van der Waals surface area contributed by atoms with Gasteiger partial charge in [-0.15, -0.1) is 11.6 Å². The molecule has 0 aliphatic carbocycles. The molecule has 2 N–H and O–H groups in total. The molecular weight excluding hydrogens is 537 g/mol. The van der Waals surface area contributed by atoms with E-state index in [-0.39, 0.29) is 28.9 Å². The first-order valence-electron chi connectivity index (χ1n) is 10.1. The summed E-state index contributed by atoms with van der Waals surface area (Å²) in [7, 11) is 0. The Morgan fingerprint density at radius 3 is 2.65 bits per heavy atom. The van der Waals surface area contributed by atoms with Crippen molar-refractivity contribution < 1.29 is 23.1 Å². The zero-order chi connectivity index (χ0) is 24.9. The second-order valence-corrected chi connectivity index (χ2v) is 8.65. The Labute approximate surface area is 208 Å². The molecule has 0 aliphatic heterocycles. The third-order valence-electron chi connectivity index (χ3n) is 4.84. The standard InChI is InChI=1S/C23H21BrClF3N4O2/c1-13-8-17(24)7-6-15(13)9-18(11-25)31-22(32-33)21-20(12-29-14(2)30-21)34-19-5-3-4-16(10-19)23(26,27)28/h3-8,10,12,18,33H,9,11H2,1-2H3,(H,31,32)/t18-/m1/s1. The van der Waals surface area contributed by atoms with Crippen molar-refractivity contribution in [1.29, 1.82) is 0 Å². The van der Waals surface area contributed by atoms with Gasteiger partial charge in [-0.2, -0.15) is 13.2 Å². The van der Waals surface area contributed by atoms with Gasteiger partial charge in [0, 0.05) is 10.4 Å². The molecule has 3 aromatic rings. The van der Waals surface area contributed by atoms with Gasteiger partial charge in [-0.25, -0.2) is 9.97 Å². The normalized spacial score (nSPS) is 13.0. The summed E-state index contributed by atoms with van der Waals surface area (Å²) < 4.78 is 45.8. The fraction of sp³-hybridized carbons (Fsp3) is 0.261. The lowest BCUT2D eigenvalue weighted by Gasteiger charge is -2.16. The maximum Gasteiger partial charge on any atom is 0.416 e. The van der Waals surface area contributed by atoms with E-state index in [2.05, 4.69) is 30.9 Å². The average Bonchev–Trinajstić information content (AvgIpc) is 2.79. The van der Waals surface area contributed by atoms with Gasteiger partial charge in [0.05, 0.1) is 17.8 Å². The second-order valence-electron chi connectivity index (χ2n) is 7.43. The van der Waals surface area contributed by atoms with Crippen molar-refractivity contribution in [3.05, 3.63) is 81.3 Å². The summed E-state index contributed by atoms with van der Waals surface area (Å²) in [5.74, 6) is 0.390. The molecule has 3 rings (SSSR count). The molecular formula is C23H21BrClF3N4O2. The molecule has 1 heterocycles. The van der Waals surface area contributed by atoms with Crippen LogP contribution in [0.25, 0.3) is 0 Å². The molecule has 0 aliphatic rings. The van der Waals surface area contributed by atoms with Crippen molar-refractivity contribution in [3.8, 4) is 11.5 Å². The third kappa shape index (κ3) is 6.68. The summed E-state index contributed by atoms with van der Waals surface area (Å²) >= 11 is 9.59. The lowest BCUT2D eigenvalue weighted by molar-refractivity contribution is -0.137. The molecule has 1 atom stereocenters. The van der Waals surface area contributed by atoms with Gasteiger partial charge in [0.1, 0.15) is 11.6 Å². The Balaban J connectivity index is 1.95. The molecule has 2 aromatic carbocycles. The lowest BCUT2D eigenvalue weighted by Crippen LogP contribution is -2.26. The molecule has 0 unspecified atom stereocenters. The van der Waals surface area contributed by atoms with Gasteiger partial charge >= 0.3 is 6.18 Å². The molecule has 0 fully saturated rings. The van der Waals surface area contributed by atoms with Crippen LogP contribution < -0.4 is 10.2 Å². The van der Waals surface area contributed by atoms with Crippen LogP contribution in [0.3, 0.4) is 0 Å². The fourth-order valence-electron chi connectivity index (χ4n) is 3.17. The highest BCUT2D eigenvalue weighted by atomic mass is 79.9. The number of aliphatic imine (C=N–C) groups is 1. The minimum Gasteiger partial charge on any atom is -0.453 e. The molecule has 0 saturated heterocycles.